The number of carboxylic acids is 1. The average molecular weight is 371 g/mol. The number of benzene rings is 2. The Morgan fingerprint density at radius 2 is 1.73 bits per heavy atom. The molecule has 9 heteroatoms. The van der Waals surface area contributed by atoms with E-state index in [0.29, 0.717) is 5.75 Å². The van der Waals surface area contributed by atoms with E-state index in [4.69, 9.17) is 9.84 Å². The fourth-order valence-corrected chi connectivity index (χ4v) is 3.17. The number of sulfonamides is 1. The third-order valence-corrected chi connectivity index (χ3v) is 4.61. The summed E-state index contributed by atoms with van der Waals surface area (Å²) < 4.78 is 32.8. The van der Waals surface area contributed by atoms with Gasteiger partial charge in [0, 0.05) is 18.5 Å². The molecule has 3 aromatic rings. The van der Waals surface area contributed by atoms with Crippen molar-refractivity contribution >= 4 is 21.7 Å². The molecule has 1 heterocycles. The Kier molecular flexibility index (Phi) is 4.81. The molecule has 0 aliphatic heterocycles. The smallest absolute Gasteiger partial charge is 0.335 e. The summed E-state index contributed by atoms with van der Waals surface area (Å²) in [5.41, 5.74) is 0.130. The lowest BCUT2D eigenvalue weighted by Crippen LogP contribution is -2.13. The lowest BCUT2D eigenvalue weighted by Gasteiger charge is -2.10. The molecule has 3 rings (SSSR count). The minimum Gasteiger partial charge on any atom is -0.478 e. The molecule has 8 nitrogen and oxygen atoms in total. The second-order valence-electron chi connectivity index (χ2n) is 5.10. The van der Waals surface area contributed by atoms with Gasteiger partial charge in [-0.1, -0.05) is 12.1 Å². The van der Waals surface area contributed by atoms with E-state index in [1.165, 1.54) is 42.7 Å². The zero-order valence-corrected chi connectivity index (χ0v) is 14.1. The Hall–Kier alpha value is -3.46. The van der Waals surface area contributed by atoms with Gasteiger partial charge in [0.15, 0.2) is 0 Å². The molecular weight excluding hydrogens is 358 g/mol. The van der Waals surface area contributed by atoms with E-state index in [1.54, 1.807) is 18.2 Å². The number of carboxylic acid groups (broad SMARTS) is 1. The van der Waals surface area contributed by atoms with Crippen molar-refractivity contribution < 1.29 is 23.1 Å². The predicted octanol–water partition coefficient (Wildman–Crippen LogP) is 2.77. The lowest BCUT2D eigenvalue weighted by molar-refractivity contribution is 0.0696. The Labute approximate surface area is 149 Å². The molecule has 0 fully saturated rings. The van der Waals surface area contributed by atoms with Crippen LogP contribution in [0, 0.1) is 0 Å². The molecule has 0 amide bonds. The highest BCUT2D eigenvalue weighted by Crippen LogP contribution is 2.23. The minimum absolute atomic E-state index is 0.119. The molecule has 0 saturated carbocycles. The quantitative estimate of drug-likeness (QED) is 0.684. The number of nitrogens with zero attached hydrogens (tertiary/aromatic N) is 2. The van der Waals surface area contributed by atoms with Crippen LogP contribution in [-0.4, -0.2) is 29.5 Å². The van der Waals surface area contributed by atoms with Gasteiger partial charge in [0.05, 0.1) is 16.1 Å². The summed E-state index contributed by atoms with van der Waals surface area (Å²) in [6, 6.07) is 13.1. The lowest BCUT2D eigenvalue weighted by atomic mass is 10.2. The van der Waals surface area contributed by atoms with Crippen molar-refractivity contribution in [3.05, 3.63) is 72.6 Å². The zero-order chi connectivity index (χ0) is 18.6. The van der Waals surface area contributed by atoms with Gasteiger partial charge >= 0.3 is 12.0 Å². The molecule has 26 heavy (non-hydrogen) atoms. The largest absolute Gasteiger partial charge is 0.478 e. The van der Waals surface area contributed by atoms with E-state index < -0.39 is 16.0 Å². The Morgan fingerprint density at radius 1 is 1.00 bits per heavy atom. The van der Waals surface area contributed by atoms with E-state index in [2.05, 4.69) is 14.7 Å². The molecule has 2 N–H and O–H groups in total. The molecule has 0 atom stereocenters. The number of aromatic carboxylic acids is 1. The van der Waals surface area contributed by atoms with Gasteiger partial charge in [-0.05, 0) is 36.4 Å². The summed E-state index contributed by atoms with van der Waals surface area (Å²) >= 11 is 0. The van der Waals surface area contributed by atoms with Crippen molar-refractivity contribution in [2.45, 2.75) is 4.90 Å². The number of nitrogens with one attached hydrogen (secondary N) is 1. The van der Waals surface area contributed by atoms with Crippen LogP contribution in [0.5, 0.6) is 11.8 Å². The summed E-state index contributed by atoms with van der Waals surface area (Å²) in [6.07, 6.45) is 3.04. The van der Waals surface area contributed by atoms with Crippen LogP contribution < -0.4 is 9.46 Å². The molecule has 0 aliphatic rings. The summed E-state index contributed by atoms with van der Waals surface area (Å²) in [5.74, 6) is -0.865. The summed E-state index contributed by atoms with van der Waals surface area (Å²) in [4.78, 5) is 18.7. The van der Waals surface area contributed by atoms with E-state index in [0.717, 1.165) is 6.07 Å². The first-order chi connectivity index (χ1) is 12.4. The fraction of sp³-hybridized carbons (Fsp3) is 0. The van der Waals surface area contributed by atoms with Crippen molar-refractivity contribution in [2.75, 3.05) is 4.72 Å². The number of ether oxygens (including phenoxy) is 1. The molecule has 132 valence electrons. The Balaban J connectivity index is 1.83. The van der Waals surface area contributed by atoms with Crippen LogP contribution in [0.2, 0.25) is 0 Å². The van der Waals surface area contributed by atoms with Gasteiger partial charge in [0.1, 0.15) is 5.75 Å². The van der Waals surface area contributed by atoms with Gasteiger partial charge < -0.3 is 9.84 Å². The Morgan fingerprint density at radius 3 is 2.46 bits per heavy atom. The zero-order valence-electron chi connectivity index (χ0n) is 13.2. The van der Waals surface area contributed by atoms with E-state index >= 15 is 0 Å². The maximum atomic E-state index is 12.5. The van der Waals surface area contributed by atoms with Crippen LogP contribution in [0.4, 0.5) is 5.69 Å². The number of carbonyl (C=O) groups is 1. The third-order valence-electron chi connectivity index (χ3n) is 3.23. The average Bonchev–Trinajstić information content (AvgIpc) is 2.62. The topological polar surface area (TPSA) is 118 Å². The maximum Gasteiger partial charge on any atom is 0.335 e. The van der Waals surface area contributed by atoms with E-state index in [1.807, 2.05) is 0 Å². The minimum atomic E-state index is -3.96. The van der Waals surface area contributed by atoms with Crippen LogP contribution in [0.1, 0.15) is 10.4 Å². The second-order valence-corrected chi connectivity index (χ2v) is 6.78. The summed E-state index contributed by atoms with van der Waals surface area (Å²) in [7, 11) is -3.96. The van der Waals surface area contributed by atoms with Crippen LogP contribution in [0.25, 0.3) is 0 Å². The van der Waals surface area contributed by atoms with E-state index in [-0.39, 0.29) is 22.2 Å². The van der Waals surface area contributed by atoms with Crippen LogP contribution in [0.3, 0.4) is 0 Å². The maximum absolute atomic E-state index is 12.5. The van der Waals surface area contributed by atoms with Gasteiger partial charge in [-0.25, -0.2) is 23.2 Å². The molecular formula is C17H13N3O5S. The Bertz CT molecular complexity index is 1040. The van der Waals surface area contributed by atoms with Gasteiger partial charge in [0.25, 0.3) is 10.0 Å². The molecule has 0 unspecified atom stereocenters. The van der Waals surface area contributed by atoms with Crippen molar-refractivity contribution in [2.24, 2.45) is 0 Å². The SMILES string of the molecule is O=C(O)c1cccc(S(=O)(=O)Nc2cccc(Oc3ncccn3)c2)c1. The van der Waals surface area contributed by atoms with Gasteiger partial charge in [0.2, 0.25) is 0 Å². The molecule has 0 aliphatic carbocycles. The van der Waals surface area contributed by atoms with Gasteiger partial charge in [-0.3, -0.25) is 4.72 Å². The second kappa shape index (κ2) is 7.19. The van der Waals surface area contributed by atoms with Crippen molar-refractivity contribution in [3.63, 3.8) is 0 Å². The van der Waals surface area contributed by atoms with Crippen molar-refractivity contribution in [1.82, 2.24) is 9.97 Å². The molecule has 0 saturated heterocycles. The first-order valence-electron chi connectivity index (χ1n) is 7.35. The molecule has 0 spiro atoms. The van der Waals surface area contributed by atoms with Crippen molar-refractivity contribution in [1.29, 1.82) is 0 Å². The monoisotopic (exact) mass is 371 g/mol. The number of aromatic nitrogens is 2. The normalized spacial score (nSPS) is 10.9. The van der Waals surface area contributed by atoms with Gasteiger partial charge in [-0.2, -0.15) is 0 Å². The van der Waals surface area contributed by atoms with Crippen LogP contribution >= 0.6 is 0 Å². The van der Waals surface area contributed by atoms with Crippen LogP contribution in [-0.2, 0) is 10.0 Å². The van der Waals surface area contributed by atoms with Crippen molar-refractivity contribution in [3.8, 4) is 11.8 Å². The first-order valence-corrected chi connectivity index (χ1v) is 8.83. The van der Waals surface area contributed by atoms with Crippen LogP contribution in [0.15, 0.2) is 71.9 Å². The highest BCUT2D eigenvalue weighted by molar-refractivity contribution is 7.92. The number of anilines is 1. The third kappa shape index (κ3) is 4.14. The molecule has 0 radical (unpaired) electrons. The molecule has 0 bridgehead atoms. The highest BCUT2D eigenvalue weighted by Gasteiger charge is 2.16. The van der Waals surface area contributed by atoms with E-state index in [9.17, 15) is 13.2 Å². The number of hydrogen-bond acceptors (Lipinski definition) is 6. The number of hydrogen-bond donors (Lipinski definition) is 2. The standard InChI is InChI=1S/C17H13N3O5S/c21-16(22)12-4-1-7-15(10-12)26(23,24)20-13-5-2-6-14(11-13)25-17-18-8-3-9-19-17/h1-11,20H,(H,21,22). The number of rotatable bonds is 6. The predicted molar refractivity (Wildman–Crippen MR) is 92.8 cm³/mol. The summed E-state index contributed by atoms with van der Waals surface area (Å²) in [5, 5.41) is 9.00. The summed E-state index contributed by atoms with van der Waals surface area (Å²) in [6.45, 7) is 0. The van der Waals surface area contributed by atoms with Gasteiger partial charge in [-0.15, -0.1) is 0 Å². The highest BCUT2D eigenvalue weighted by atomic mass is 32.2. The molecule has 1 aromatic heterocycles. The fourth-order valence-electron chi connectivity index (χ4n) is 2.08. The first kappa shape index (κ1) is 17.4. The molecule has 2 aromatic carbocycles.